The van der Waals surface area contributed by atoms with Crippen molar-refractivity contribution in [1.29, 1.82) is 0 Å². The van der Waals surface area contributed by atoms with Crippen LogP contribution in [0, 0.1) is 56.9 Å². The molecule has 1 aliphatic rings. The van der Waals surface area contributed by atoms with Gasteiger partial charge in [-0.25, -0.2) is 0 Å². The average Bonchev–Trinajstić information content (AvgIpc) is 3.49. The van der Waals surface area contributed by atoms with Gasteiger partial charge in [0, 0.05) is 0 Å². The third-order valence-electron chi connectivity index (χ3n) is 2.10. The van der Waals surface area contributed by atoms with Gasteiger partial charge in [0.1, 0.15) is 0 Å². The molecule has 7 heteroatoms. The number of hydrogen-bond acceptors (Lipinski definition) is 1. The van der Waals surface area contributed by atoms with E-state index in [0.717, 1.165) is 17.6 Å². The van der Waals surface area contributed by atoms with Gasteiger partial charge in [-0.15, -0.1) is 0 Å². The Balaban J connectivity index is -0.0000000923. The fraction of sp³-hybridized carbons (Fsp3) is 0.500. The molecule has 0 aromatic rings. The van der Waals surface area contributed by atoms with Gasteiger partial charge in [0.15, 0.2) is 0 Å². The SMILES string of the molecule is CC#CC(C)CCO[C](=[Cr])C1CC1.[C-]#[O+].[C-]#[O+].[C-]#[O+].[C-]#[O+].[C-]#[O+]. The van der Waals surface area contributed by atoms with Crippen LogP contribution in [0.1, 0.15) is 33.1 Å². The normalized spacial score (nSPS) is 10.3. The van der Waals surface area contributed by atoms with Gasteiger partial charge in [0.2, 0.25) is 0 Å². The molecule has 6 nitrogen and oxygen atoms in total. The zero-order chi connectivity index (χ0) is 19.7. The van der Waals surface area contributed by atoms with E-state index >= 15 is 0 Å². The summed E-state index contributed by atoms with van der Waals surface area (Å²) in [7, 11) is 0. The molecule has 0 bridgehead atoms. The first-order chi connectivity index (χ1) is 11.2. The van der Waals surface area contributed by atoms with Crippen LogP contribution < -0.4 is 0 Å². The summed E-state index contributed by atoms with van der Waals surface area (Å²) in [6, 6.07) is 0. The van der Waals surface area contributed by atoms with Gasteiger partial charge in [-0.3, -0.25) is 0 Å². The van der Waals surface area contributed by atoms with Crippen molar-refractivity contribution in [2.24, 2.45) is 11.8 Å². The molecular formula is C16H16CrO6. The Bertz CT molecular complexity index is 383. The minimum atomic E-state index is 0.456. The summed E-state index contributed by atoms with van der Waals surface area (Å²) in [4.78, 5) is 0. The summed E-state index contributed by atoms with van der Waals surface area (Å²) < 4.78 is 44.2. The average molecular weight is 356 g/mol. The standard InChI is InChI=1S/C11H16O.5CO.Cr/c1-3-4-10(2)7-8-12-9-11-5-6-11;5*1-2;/h10-11H,5-8H2,1-2H3;;;;;;. The van der Waals surface area contributed by atoms with Gasteiger partial charge in [0.25, 0.3) is 0 Å². The molecule has 122 valence electrons. The molecule has 0 N–H and O–H groups in total. The Morgan fingerprint density at radius 1 is 1.04 bits per heavy atom. The van der Waals surface area contributed by atoms with E-state index in [1.165, 1.54) is 12.8 Å². The zero-order valence-electron chi connectivity index (χ0n) is 12.8. The Hall–Kier alpha value is -1.38. The molecule has 0 aromatic heterocycles. The molecule has 1 saturated carbocycles. The Labute approximate surface area is 145 Å². The predicted molar refractivity (Wildman–Crippen MR) is 70.6 cm³/mol. The summed E-state index contributed by atoms with van der Waals surface area (Å²) in [5, 5.41) is 0. The van der Waals surface area contributed by atoms with E-state index in [1.807, 2.05) is 6.92 Å². The number of rotatable bonds is 5. The maximum atomic E-state index is 7.50. The van der Waals surface area contributed by atoms with Crippen LogP contribution in [0.25, 0.3) is 0 Å². The van der Waals surface area contributed by atoms with Crippen LogP contribution in [-0.4, -0.2) is 11.2 Å². The first kappa shape index (κ1) is 33.3. The molecule has 1 fully saturated rings. The van der Waals surface area contributed by atoms with Gasteiger partial charge in [-0.05, 0) is 0 Å². The Morgan fingerprint density at radius 2 is 1.43 bits per heavy atom. The first-order valence-corrected chi connectivity index (χ1v) is 6.48. The van der Waals surface area contributed by atoms with Crippen LogP contribution in [0.4, 0.5) is 0 Å². The molecule has 23 heavy (non-hydrogen) atoms. The van der Waals surface area contributed by atoms with Crippen molar-refractivity contribution in [3.05, 3.63) is 33.3 Å². The summed E-state index contributed by atoms with van der Waals surface area (Å²) in [6.07, 6.45) is 3.62. The number of ether oxygens (including phenoxy) is 1. The molecule has 0 aromatic carbocycles. The molecule has 1 aliphatic carbocycles. The van der Waals surface area contributed by atoms with E-state index in [2.05, 4.69) is 67.9 Å². The number of hydrogen-bond donors (Lipinski definition) is 0. The van der Waals surface area contributed by atoms with Crippen molar-refractivity contribution in [3.8, 4) is 11.8 Å². The monoisotopic (exact) mass is 356 g/mol. The van der Waals surface area contributed by atoms with E-state index in [1.54, 1.807) is 0 Å². The summed E-state index contributed by atoms with van der Waals surface area (Å²) >= 11 is 3.00. The van der Waals surface area contributed by atoms with Crippen LogP contribution in [0.15, 0.2) is 0 Å². The topological polar surface area (TPSA) is 109 Å². The van der Waals surface area contributed by atoms with Gasteiger partial charge in [0.05, 0.1) is 0 Å². The van der Waals surface area contributed by atoms with Crippen molar-refractivity contribution >= 4 is 4.57 Å². The molecule has 0 amide bonds. The van der Waals surface area contributed by atoms with Crippen LogP contribution >= 0.6 is 0 Å². The van der Waals surface area contributed by atoms with E-state index in [0.29, 0.717) is 11.8 Å². The van der Waals surface area contributed by atoms with Crippen molar-refractivity contribution < 1.29 is 43.8 Å². The molecule has 0 radical (unpaired) electrons. The van der Waals surface area contributed by atoms with Crippen molar-refractivity contribution in [2.45, 2.75) is 33.1 Å². The third kappa shape index (κ3) is 33.4. The van der Waals surface area contributed by atoms with E-state index in [4.69, 9.17) is 28.0 Å². The second-order valence-corrected chi connectivity index (χ2v) is 4.15. The van der Waals surface area contributed by atoms with Crippen LogP contribution in [0.3, 0.4) is 0 Å². The third-order valence-corrected chi connectivity index (χ3v) is 2.80. The second kappa shape index (κ2) is 37.1. The summed E-state index contributed by atoms with van der Waals surface area (Å²) in [5.74, 6) is 7.21. The zero-order valence-corrected chi connectivity index (χ0v) is 14.1. The summed E-state index contributed by atoms with van der Waals surface area (Å²) in [5.41, 5.74) is 0. The summed E-state index contributed by atoms with van der Waals surface area (Å²) in [6.45, 7) is 27.3. The van der Waals surface area contributed by atoms with Gasteiger partial charge >= 0.3 is 145 Å². The molecule has 1 rings (SSSR count). The van der Waals surface area contributed by atoms with E-state index in [-0.39, 0.29) is 0 Å². The van der Waals surface area contributed by atoms with Crippen molar-refractivity contribution in [1.82, 2.24) is 0 Å². The molecule has 0 heterocycles. The molecule has 1 unspecified atom stereocenters. The van der Waals surface area contributed by atoms with Gasteiger partial charge in [-0.2, -0.15) is 0 Å². The molecular weight excluding hydrogens is 340 g/mol. The van der Waals surface area contributed by atoms with Crippen LogP contribution in [0.5, 0.6) is 0 Å². The van der Waals surface area contributed by atoms with Crippen LogP contribution in [-0.2, 0) is 43.8 Å². The van der Waals surface area contributed by atoms with E-state index < -0.39 is 0 Å². The second-order valence-electron chi connectivity index (χ2n) is 3.53. The molecule has 0 spiro atoms. The first-order valence-electron chi connectivity index (χ1n) is 5.85. The Morgan fingerprint density at radius 3 is 1.74 bits per heavy atom. The fourth-order valence-corrected chi connectivity index (χ4v) is 1.59. The van der Waals surface area contributed by atoms with E-state index in [9.17, 15) is 0 Å². The molecule has 0 aliphatic heterocycles. The van der Waals surface area contributed by atoms with Crippen LogP contribution in [0.2, 0.25) is 0 Å². The minimum absolute atomic E-state index is 0.456. The van der Waals surface area contributed by atoms with Gasteiger partial charge in [-0.1, -0.05) is 0 Å². The predicted octanol–water partition coefficient (Wildman–Crippen LogP) is 1.95. The molecule has 1 atom stereocenters. The fourth-order valence-electron chi connectivity index (χ4n) is 1.09. The van der Waals surface area contributed by atoms with Gasteiger partial charge < -0.3 is 0 Å². The van der Waals surface area contributed by atoms with Crippen molar-refractivity contribution in [2.75, 3.05) is 6.61 Å². The Kier molecular flexibility index (Phi) is 53.7. The quantitative estimate of drug-likeness (QED) is 0.419. The molecule has 0 saturated heterocycles. The maximum absolute atomic E-state index is 7.50. The van der Waals surface area contributed by atoms with Crippen molar-refractivity contribution in [3.63, 3.8) is 0 Å².